The third kappa shape index (κ3) is 4.56. The van der Waals surface area contributed by atoms with Gasteiger partial charge in [0.05, 0.1) is 12.5 Å². The number of anilines is 1. The van der Waals surface area contributed by atoms with Crippen molar-refractivity contribution < 1.29 is 14.1 Å². The molecular formula is C35H40ClN2O2+. The van der Waals surface area contributed by atoms with E-state index in [2.05, 4.69) is 94.6 Å². The van der Waals surface area contributed by atoms with Crippen LogP contribution in [0.3, 0.4) is 0 Å². The first-order valence-corrected chi connectivity index (χ1v) is 14.4. The van der Waals surface area contributed by atoms with Gasteiger partial charge >= 0.3 is 0 Å². The van der Waals surface area contributed by atoms with Crippen LogP contribution in [0.5, 0.6) is 5.75 Å². The number of ether oxygens (including phenoxy) is 1. The maximum atomic E-state index is 11.4. The van der Waals surface area contributed by atoms with E-state index >= 15 is 0 Å². The SMILES string of the molecule is COc1ccc2c(c1)C(C)(C)C(/C=C/C1=C(Cl)C(=C/C=C3/N(C)c4ccc(C=O)cc4C3(C)C)/CC(C)C1)=[N+]2C. The minimum absolute atomic E-state index is 0.150. The summed E-state index contributed by atoms with van der Waals surface area (Å²) in [7, 11) is 5.94. The highest BCUT2D eigenvalue weighted by Gasteiger charge is 2.43. The number of carbonyl (C=O) groups is 1. The summed E-state index contributed by atoms with van der Waals surface area (Å²) in [4.78, 5) is 13.6. The van der Waals surface area contributed by atoms with Crippen molar-refractivity contribution in [2.45, 2.75) is 58.3 Å². The highest BCUT2D eigenvalue weighted by molar-refractivity contribution is 6.32. The van der Waals surface area contributed by atoms with Crippen LogP contribution < -0.4 is 9.64 Å². The Morgan fingerprint density at radius 3 is 2.45 bits per heavy atom. The van der Waals surface area contributed by atoms with E-state index in [1.807, 2.05) is 24.3 Å². The molecular weight excluding hydrogens is 516 g/mol. The molecule has 0 amide bonds. The number of rotatable bonds is 5. The molecule has 5 heteroatoms. The topological polar surface area (TPSA) is 32.5 Å². The molecule has 208 valence electrons. The maximum Gasteiger partial charge on any atom is 0.209 e. The van der Waals surface area contributed by atoms with Crippen molar-refractivity contribution in [2.24, 2.45) is 5.92 Å². The van der Waals surface area contributed by atoms with Gasteiger partial charge in [-0.2, -0.15) is 4.58 Å². The average molecular weight is 556 g/mol. The molecule has 1 aliphatic carbocycles. The fourth-order valence-corrected chi connectivity index (χ4v) is 7.00. The summed E-state index contributed by atoms with van der Waals surface area (Å²) >= 11 is 7.10. The van der Waals surface area contributed by atoms with E-state index in [9.17, 15) is 4.79 Å². The van der Waals surface area contributed by atoms with Crippen molar-refractivity contribution in [1.29, 1.82) is 0 Å². The molecule has 1 unspecified atom stereocenters. The number of allylic oxidation sites excluding steroid dienone is 8. The van der Waals surface area contributed by atoms with Crippen molar-refractivity contribution >= 4 is 35.0 Å². The molecule has 0 N–H and O–H groups in total. The van der Waals surface area contributed by atoms with Crippen LogP contribution in [-0.2, 0) is 10.8 Å². The van der Waals surface area contributed by atoms with E-state index in [0.717, 1.165) is 35.6 Å². The molecule has 0 aromatic heterocycles. The largest absolute Gasteiger partial charge is 0.497 e. The molecule has 2 heterocycles. The monoisotopic (exact) mass is 555 g/mol. The highest BCUT2D eigenvalue weighted by atomic mass is 35.5. The van der Waals surface area contributed by atoms with Gasteiger partial charge < -0.3 is 9.64 Å². The molecule has 4 nitrogen and oxygen atoms in total. The fraction of sp³-hybridized carbons (Fsp3) is 0.371. The summed E-state index contributed by atoms with van der Waals surface area (Å²) in [6.07, 6.45) is 11.7. The van der Waals surface area contributed by atoms with Gasteiger partial charge in [0.2, 0.25) is 5.69 Å². The summed E-state index contributed by atoms with van der Waals surface area (Å²) in [6.45, 7) is 11.3. The number of hydrogen-bond acceptors (Lipinski definition) is 3. The zero-order valence-corrected chi connectivity index (χ0v) is 25.7. The molecule has 2 aliphatic heterocycles. The third-order valence-electron chi connectivity index (χ3n) is 9.02. The van der Waals surface area contributed by atoms with E-state index < -0.39 is 0 Å². The summed E-state index contributed by atoms with van der Waals surface area (Å²) in [5.41, 5.74) is 9.89. The number of nitrogens with zero attached hydrogens (tertiary/aromatic N) is 2. The number of methoxy groups -OCH3 is 1. The maximum absolute atomic E-state index is 11.4. The van der Waals surface area contributed by atoms with Crippen molar-refractivity contribution in [2.75, 3.05) is 26.1 Å². The van der Waals surface area contributed by atoms with Crippen LogP contribution in [-0.4, -0.2) is 37.8 Å². The molecule has 0 spiro atoms. The lowest BCUT2D eigenvalue weighted by atomic mass is 9.80. The van der Waals surface area contributed by atoms with Gasteiger partial charge in [0, 0.05) is 52.1 Å². The molecule has 0 saturated heterocycles. The van der Waals surface area contributed by atoms with E-state index in [1.165, 1.54) is 39.4 Å². The Balaban J connectivity index is 1.48. The van der Waals surface area contributed by atoms with Crippen LogP contribution in [0.25, 0.3) is 0 Å². The Hall–Kier alpha value is -3.37. The number of fused-ring (bicyclic) bond motifs is 2. The van der Waals surface area contributed by atoms with Crippen LogP contribution in [0.4, 0.5) is 11.4 Å². The van der Waals surface area contributed by atoms with Gasteiger partial charge in [-0.05, 0) is 85.7 Å². The van der Waals surface area contributed by atoms with Crippen LogP contribution >= 0.6 is 11.6 Å². The Labute approximate surface area is 244 Å². The summed E-state index contributed by atoms with van der Waals surface area (Å²) < 4.78 is 7.78. The average Bonchev–Trinajstić information content (AvgIpc) is 3.24. The molecule has 2 aromatic carbocycles. The second-order valence-corrected chi connectivity index (χ2v) is 12.8. The Morgan fingerprint density at radius 2 is 1.75 bits per heavy atom. The van der Waals surface area contributed by atoms with Gasteiger partial charge in [-0.25, -0.2) is 0 Å². The minimum Gasteiger partial charge on any atom is -0.497 e. The number of carbonyl (C=O) groups excluding carboxylic acids is 1. The van der Waals surface area contributed by atoms with Crippen molar-refractivity contribution in [3.05, 3.63) is 99.3 Å². The molecule has 0 fully saturated rings. The molecule has 5 rings (SSSR count). The van der Waals surface area contributed by atoms with Crippen LogP contribution in [0.15, 0.2) is 82.6 Å². The fourth-order valence-electron chi connectivity index (χ4n) is 6.72. The van der Waals surface area contributed by atoms with E-state index in [4.69, 9.17) is 16.3 Å². The predicted octanol–water partition coefficient (Wildman–Crippen LogP) is 8.23. The second kappa shape index (κ2) is 10.2. The van der Waals surface area contributed by atoms with Crippen LogP contribution in [0.1, 0.15) is 68.9 Å². The van der Waals surface area contributed by atoms with Gasteiger partial charge in [-0.1, -0.05) is 44.5 Å². The number of hydrogen-bond donors (Lipinski definition) is 0. The first kappa shape index (κ1) is 28.2. The smallest absolute Gasteiger partial charge is 0.209 e. The second-order valence-electron chi connectivity index (χ2n) is 12.5. The first-order valence-electron chi connectivity index (χ1n) is 14.0. The predicted molar refractivity (Wildman–Crippen MR) is 167 cm³/mol. The van der Waals surface area contributed by atoms with Gasteiger partial charge in [0.25, 0.3) is 0 Å². The van der Waals surface area contributed by atoms with Crippen LogP contribution in [0, 0.1) is 5.92 Å². The quantitative estimate of drug-likeness (QED) is 0.275. The Bertz CT molecular complexity index is 1550. The Kier molecular flexibility index (Phi) is 7.20. The number of halogens is 1. The van der Waals surface area contributed by atoms with Gasteiger partial charge in [0.15, 0.2) is 5.71 Å². The summed E-state index contributed by atoms with van der Waals surface area (Å²) in [6, 6.07) is 12.3. The van der Waals surface area contributed by atoms with E-state index in [-0.39, 0.29) is 10.8 Å². The standard InChI is InChI=1S/C35H40ClN2O2/c1-22-17-24(10-15-31-34(2,3)27-19-23(21-39)9-13-29(27)37(31)6)33(36)25(18-22)11-16-32-35(4,5)28-20-26(40-8)12-14-30(28)38(32)7/h9-16,19-22H,17-18H2,1-8H3/q+1. The van der Waals surface area contributed by atoms with Crippen molar-refractivity contribution in [1.82, 2.24) is 0 Å². The summed E-state index contributed by atoms with van der Waals surface area (Å²) in [5.74, 6) is 1.37. The molecule has 1 atom stereocenters. The van der Waals surface area contributed by atoms with Gasteiger partial charge in [-0.3, -0.25) is 4.79 Å². The number of aldehydes is 1. The molecule has 0 bridgehead atoms. The molecule has 0 radical (unpaired) electrons. The number of benzene rings is 2. The van der Waals surface area contributed by atoms with E-state index in [0.29, 0.717) is 11.5 Å². The lowest BCUT2D eigenvalue weighted by Gasteiger charge is -2.25. The van der Waals surface area contributed by atoms with Gasteiger partial charge in [-0.15, -0.1) is 0 Å². The van der Waals surface area contributed by atoms with Crippen molar-refractivity contribution in [3.8, 4) is 5.75 Å². The molecule has 0 saturated carbocycles. The normalized spacial score (nSPS) is 23.4. The number of likely N-dealkylation sites (N-methyl/N-ethyl adjacent to an activating group) is 1. The molecule has 2 aromatic rings. The molecule has 40 heavy (non-hydrogen) atoms. The first-order chi connectivity index (χ1) is 18.9. The van der Waals surface area contributed by atoms with Gasteiger partial charge in [0.1, 0.15) is 19.1 Å². The lowest BCUT2D eigenvalue weighted by Crippen LogP contribution is -2.26. The van der Waals surface area contributed by atoms with Crippen molar-refractivity contribution in [3.63, 3.8) is 0 Å². The molecule has 3 aliphatic rings. The lowest BCUT2D eigenvalue weighted by molar-refractivity contribution is -0.401. The zero-order chi connectivity index (χ0) is 29.0. The highest BCUT2D eigenvalue weighted by Crippen LogP contribution is 2.47. The zero-order valence-electron chi connectivity index (χ0n) is 24.9. The van der Waals surface area contributed by atoms with Crippen LogP contribution in [0.2, 0.25) is 0 Å². The third-order valence-corrected chi connectivity index (χ3v) is 9.50. The van der Waals surface area contributed by atoms with E-state index in [1.54, 1.807) is 7.11 Å². The Morgan fingerprint density at radius 1 is 1.00 bits per heavy atom. The minimum atomic E-state index is -0.216. The summed E-state index contributed by atoms with van der Waals surface area (Å²) in [5, 5.41) is 0.851.